The van der Waals surface area contributed by atoms with Gasteiger partial charge in [0.1, 0.15) is 10.7 Å². The monoisotopic (exact) mass is 256 g/mol. The zero-order valence-electron chi connectivity index (χ0n) is 11.0. The van der Waals surface area contributed by atoms with Crippen LogP contribution in [0.2, 0.25) is 0 Å². The van der Waals surface area contributed by atoms with Gasteiger partial charge in [-0.05, 0) is 13.3 Å². The lowest BCUT2D eigenvalue weighted by molar-refractivity contribution is 0.0746. The van der Waals surface area contributed by atoms with E-state index in [1.807, 2.05) is 25.9 Å². The first-order chi connectivity index (χ1) is 7.88. The smallest absolute Gasteiger partial charge is 0.267 e. The fourth-order valence-electron chi connectivity index (χ4n) is 1.30. The van der Waals surface area contributed by atoms with E-state index in [9.17, 15) is 4.79 Å². The van der Waals surface area contributed by atoms with Gasteiger partial charge in [-0.2, -0.15) is 0 Å². The molecule has 1 heterocycles. The topological polar surface area (TPSA) is 62.5 Å². The summed E-state index contributed by atoms with van der Waals surface area (Å²) >= 11 is 1.33. The van der Waals surface area contributed by atoms with Crippen LogP contribution in [0.5, 0.6) is 0 Å². The molecule has 0 radical (unpaired) electrons. The predicted molar refractivity (Wildman–Crippen MR) is 72.7 cm³/mol. The van der Waals surface area contributed by atoms with Gasteiger partial charge in [-0.25, -0.2) is 4.98 Å². The Bertz CT molecular complexity index is 402. The molecule has 1 unspecified atom stereocenters. The SMILES string of the molecule is CCC(C)N(C)C(=O)c1sc(N(C)C)nc1N. The summed E-state index contributed by atoms with van der Waals surface area (Å²) in [5.74, 6) is 0.265. The van der Waals surface area contributed by atoms with Crippen molar-refractivity contribution in [2.45, 2.75) is 26.3 Å². The predicted octanol–water partition coefficient (Wildman–Crippen LogP) is 1.66. The number of nitrogens with zero attached hydrogens (tertiary/aromatic N) is 3. The van der Waals surface area contributed by atoms with Crippen LogP contribution in [0, 0.1) is 0 Å². The molecule has 0 fully saturated rings. The van der Waals surface area contributed by atoms with Crippen molar-refractivity contribution in [2.75, 3.05) is 31.8 Å². The van der Waals surface area contributed by atoms with E-state index in [4.69, 9.17) is 5.73 Å². The zero-order valence-corrected chi connectivity index (χ0v) is 11.8. The van der Waals surface area contributed by atoms with E-state index >= 15 is 0 Å². The number of aromatic nitrogens is 1. The molecule has 0 aliphatic rings. The maximum absolute atomic E-state index is 12.2. The average molecular weight is 256 g/mol. The van der Waals surface area contributed by atoms with Crippen molar-refractivity contribution in [3.8, 4) is 0 Å². The van der Waals surface area contributed by atoms with E-state index in [1.54, 1.807) is 11.9 Å². The molecule has 0 aromatic carbocycles. The van der Waals surface area contributed by atoms with E-state index in [0.29, 0.717) is 10.7 Å². The summed E-state index contributed by atoms with van der Waals surface area (Å²) in [5.41, 5.74) is 5.78. The van der Waals surface area contributed by atoms with Crippen molar-refractivity contribution >= 4 is 28.2 Å². The van der Waals surface area contributed by atoms with Crippen molar-refractivity contribution in [3.05, 3.63) is 4.88 Å². The van der Waals surface area contributed by atoms with Crippen LogP contribution in [0.15, 0.2) is 0 Å². The Hall–Kier alpha value is -1.30. The molecule has 1 aromatic heterocycles. The molecule has 17 heavy (non-hydrogen) atoms. The highest BCUT2D eigenvalue weighted by Crippen LogP contribution is 2.28. The van der Waals surface area contributed by atoms with Gasteiger partial charge in [0.2, 0.25) is 0 Å². The lowest BCUT2D eigenvalue weighted by Gasteiger charge is -2.23. The van der Waals surface area contributed by atoms with E-state index in [2.05, 4.69) is 11.9 Å². The van der Waals surface area contributed by atoms with Gasteiger partial charge in [0.05, 0.1) is 0 Å². The molecular formula is C11H20N4OS. The second-order valence-corrected chi connectivity index (χ2v) is 5.26. The van der Waals surface area contributed by atoms with Crippen LogP contribution in [0.1, 0.15) is 29.9 Å². The van der Waals surface area contributed by atoms with Crippen LogP contribution in [-0.4, -0.2) is 43.0 Å². The number of hydrogen-bond acceptors (Lipinski definition) is 5. The van der Waals surface area contributed by atoms with E-state index in [0.717, 1.165) is 11.6 Å². The maximum Gasteiger partial charge on any atom is 0.267 e. The van der Waals surface area contributed by atoms with E-state index in [1.165, 1.54) is 11.3 Å². The Kier molecular flexibility index (Phi) is 4.34. The number of carbonyl (C=O) groups excluding carboxylic acids is 1. The highest BCUT2D eigenvalue weighted by Gasteiger charge is 2.22. The van der Waals surface area contributed by atoms with Crippen molar-refractivity contribution < 1.29 is 4.79 Å². The van der Waals surface area contributed by atoms with Gasteiger partial charge in [-0.1, -0.05) is 18.3 Å². The van der Waals surface area contributed by atoms with Gasteiger partial charge in [0.15, 0.2) is 5.13 Å². The second kappa shape index (κ2) is 5.35. The molecule has 6 heteroatoms. The number of amides is 1. The lowest BCUT2D eigenvalue weighted by Crippen LogP contribution is -2.34. The number of nitrogen functional groups attached to an aromatic ring is 1. The van der Waals surface area contributed by atoms with Gasteiger partial charge in [0.25, 0.3) is 5.91 Å². The molecule has 1 aromatic rings. The van der Waals surface area contributed by atoms with Gasteiger partial charge < -0.3 is 15.5 Å². The minimum atomic E-state index is -0.0533. The molecule has 0 saturated heterocycles. The van der Waals surface area contributed by atoms with Crippen LogP contribution in [0.25, 0.3) is 0 Å². The van der Waals surface area contributed by atoms with Gasteiger partial charge in [0, 0.05) is 27.2 Å². The number of thiazole rings is 1. The maximum atomic E-state index is 12.2. The summed E-state index contributed by atoms with van der Waals surface area (Å²) in [7, 11) is 5.56. The summed E-state index contributed by atoms with van der Waals surface area (Å²) in [5, 5.41) is 0.753. The Balaban J connectivity index is 2.96. The normalized spacial score (nSPS) is 12.3. The van der Waals surface area contributed by atoms with Crippen molar-refractivity contribution in [1.29, 1.82) is 0 Å². The highest BCUT2D eigenvalue weighted by molar-refractivity contribution is 7.18. The first-order valence-electron chi connectivity index (χ1n) is 5.59. The zero-order chi connectivity index (χ0) is 13.2. The second-order valence-electron chi connectivity index (χ2n) is 4.28. The fraction of sp³-hybridized carbons (Fsp3) is 0.636. The number of rotatable bonds is 4. The summed E-state index contributed by atoms with van der Waals surface area (Å²) < 4.78 is 0. The van der Waals surface area contributed by atoms with Gasteiger partial charge in [-0.3, -0.25) is 4.79 Å². The highest BCUT2D eigenvalue weighted by atomic mass is 32.1. The molecule has 1 rings (SSSR count). The van der Waals surface area contributed by atoms with E-state index < -0.39 is 0 Å². The van der Waals surface area contributed by atoms with Gasteiger partial charge >= 0.3 is 0 Å². The molecular weight excluding hydrogens is 236 g/mol. The van der Waals surface area contributed by atoms with Crippen molar-refractivity contribution in [2.24, 2.45) is 0 Å². The molecule has 0 saturated carbocycles. The molecule has 0 bridgehead atoms. The average Bonchev–Trinajstić information content (AvgIpc) is 2.68. The van der Waals surface area contributed by atoms with Crippen LogP contribution >= 0.6 is 11.3 Å². The molecule has 1 amide bonds. The van der Waals surface area contributed by atoms with Crippen LogP contribution in [-0.2, 0) is 0 Å². The van der Waals surface area contributed by atoms with Crippen LogP contribution < -0.4 is 10.6 Å². The third-order valence-corrected chi connectivity index (χ3v) is 4.02. The largest absolute Gasteiger partial charge is 0.382 e. The van der Waals surface area contributed by atoms with Crippen LogP contribution in [0.3, 0.4) is 0 Å². The van der Waals surface area contributed by atoms with Crippen molar-refractivity contribution in [1.82, 2.24) is 9.88 Å². The lowest BCUT2D eigenvalue weighted by atomic mass is 10.2. The number of carbonyl (C=O) groups is 1. The standard InChI is InChI=1S/C11H20N4OS/c1-6-7(2)15(5)10(16)8-9(12)13-11(17-8)14(3)4/h7H,6,12H2,1-5H3. The van der Waals surface area contributed by atoms with E-state index in [-0.39, 0.29) is 11.9 Å². The number of hydrogen-bond donors (Lipinski definition) is 1. The van der Waals surface area contributed by atoms with Gasteiger partial charge in [-0.15, -0.1) is 0 Å². The number of nitrogens with two attached hydrogens (primary N) is 1. The molecule has 1 atom stereocenters. The minimum Gasteiger partial charge on any atom is -0.382 e. The molecule has 0 aliphatic carbocycles. The fourth-order valence-corrected chi connectivity index (χ4v) is 2.19. The van der Waals surface area contributed by atoms with Crippen molar-refractivity contribution in [3.63, 3.8) is 0 Å². The minimum absolute atomic E-state index is 0.0533. The Morgan fingerprint density at radius 2 is 2.06 bits per heavy atom. The third-order valence-electron chi connectivity index (χ3n) is 2.79. The Labute approximate surface area is 106 Å². The molecule has 2 N–H and O–H groups in total. The Morgan fingerprint density at radius 1 is 1.47 bits per heavy atom. The molecule has 0 aliphatic heterocycles. The summed E-state index contributed by atoms with van der Waals surface area (Å²) in [6.07, 6.45) is 0.918. The van der Waals surface area contributed by atoms with Crippen LogP contribution in [0.4, 0.5) is 10.9 Å². The number of anilines is 2. The first-order valence-corrected chi connectivity index (χ1v) is 6.40. The third kappa shape index (κ3) is 2.88. The first kappa shape index (κ1) is 13.8. The Morgan fingerprint density at radius 3 is 2.47 bits per heavy atom. The summed E-state index contributed by atoms with van der Waals surface area (Å²) in [4.78, 5) is 20.5. The quantitative estimate of drug-likeness (QED) is 0.890. The summed E-state index contributed by atoms with van der Waals surface area (Å²) in [6.45, 7) is 4.07. The molecule has 5 nitrogen and oxygen atoms in total. The summed E-state index contributed by atoms with van der Waals surface area (Å²) in [6, 6.07) is 0.201. The molecule has 96 valence electrons. The molecule has 0 spiro atoms.